The Morgan fingerprint density at radius 1 is 1.00 bits per heavy atom. The van der Waals surface area contributed by atoms with E-state index in [0.717, 1.165) is 23.0 Å². The van der Waals surface area contributed by atoms with Crippen LogP contribution >= 0.6 is 0 Å². The topological polar surface area (TPSA) is 75.3 Å². The van der Waals surface area contributed by atoms with Crippen molar-refractivity contribution >= 4 is 22.0 Å². The van der Waals surface area contributed by atoms with Gasteiger partial charge in [0.25, 0.3) is 0 Å². The molecule has 0 bridgehead atoms. The molecule has 2 aromatic rings. The van der Waals surface area contributed by atoms with Gasteiger partial charge < -0.3 is 5.32 Å². The van der Waals surface area contributed by atoms with Crippen LogP contribution in [-0.4, -0.2) is 26.9 Å². The third kappa shape index (κ3) is 7.48. The minimum absolute atomic E-state index is 0.183. The van der Waals surface area contributed by atoms with Crippen molar-refractivity contribution in [2.75, 3.05) is 6.54 Å². The van der Waals surface area contributed by atoms with E-state index in [4.69, 9.17) is 0 Å². The zero-order valence-electron chi connectivity index (χ0n) is 17.2. The predicted molar refractivity (Wildman–Crippen MR) is 119 cm³/mol. The number of carbonyl (C=O) groups is 1. The number of hydrogen-bond acceptors (Lipinski definition) is 3. The quantitative estimate of drug-likeness (QED) is 0.619. The zero-order chi connectivity index (χ0) is 21.3. The third-order valence-electron chi connectivity index (χ3n) is 4.77. The summed E-state index contributed by atoms with van der Waals surface area (Å²) in [6, 6.07) is 18.3. The van der Waals surface area contributed by atoms with E-state index in [1.165, 1.54) is 6.08 Å². The van der Waals surface area contributed by atoms with Crippen molar-refractivity contribution in [1.82, 2.24) is 10.0 Å². The van der Waals surface area contributed by atoms with Gasteiger partial charge in [-0.15, -0.1) is 0 Å². The molecule has 156 valence electrons. The van der Waals surface area contributed by atoms with E-state index in [-0.39, 0.29) is 17.7 Å². The average molecular weight is 415 g/mol. The molecule has 2 rings (SSSR count). The highest BCUT2D eigenvalue weighted by Gasteiger charge is 2.26. The molecule has 6 heteroatoms. The molecule has 2 N–H and O–H groups in total. The molecule has 0 saturated heterocycles. The van der Waals surface area contributed by atoms with Crippen LogP contribution < -0.4 is 10.0 Å². The van der Waals surface area contributed by atoms with Crippen LogP contribution in [0.5, 0.6) is 0 Å². The Morgan fingerprint density at radius 3 is 2.14 bits per heavy atom. The average Bonchev–Trinajstić information content (AvgIpc) is 2.72. The van der Waals surface area contributed by atoms with Crippen molar-refractivity contribution < 1.29 is 13.2 Å². The van der Waals surface area contributed by atoms with Gasteiger partial charge in [0.2, 0.25) is 15.9 Å². The summed E-state index contributed by atoms with van der Waals surface area (Å²) in [5.74, 6) is -0.319. The fourth-order valence-electron chi connectivity index (χ4n) is 3.00. The Hall–Kier alpha value is -2.44. The molecule has 0 fully saturated rings. The maximum atomic E-state index is 12.7. The van der Waals surface area contributed by atoms with Gasteiger partial charge >= 0.3 is 0 Å². The maximum Gasteiger partial charge on any atom is 0.238 e. The van der Waals surface area contributed by atoms with Crippen molar-refractivity contribution in [3.63, 3.8) is 0 Å². The van der Waals surface area contributed by atoms with Crippen LogP contribution in [0.3, 0.4) is 0 Å². The summed E-state index contributed by atoms with van der Waals surface area (Å²) < 4.78 is 27.4. The highest BCUT2D eigenvalue weighted by atomic mass is 32.2. The summed E-state index contributed by atoms with van der Waals surface area (Å²) in [5.41, 5.74) is 1.93. The Balaban J connectivity index is 2.02. The first-order valence-corrected chi connectivity index (χ1v) is 11.4. The molecule has 2 atom stereocenters. The Kier molecular flexibility index (Phi) is 8.61. The zero-order valence-corrected chi connectivity index (χ0v) is 18.0. The first-order chi connectivity index (χ1) is 13.8. The molecule has 29 heavy (non-hydrogen) atoms. The van der Waals surface area contributed by atoms with Crippen LogP contribution in [0, 0.1) is 5.92 Å². The molecule has 1 amide bonds. The lowest BCUT2D eigenvalue weighted by atomic mass is 9.96. The maximum absolute atomic E-state index is 12.7. The van der Waals surface area contributed by atoms with Crippen molar-refractivity contribution in [2.24, 2.45) is 5.92 Å². The Bertz CT molecular complexity index is 894. The van der Waals surface area contributed by atoms with Gasteiger partial charge in [-0.3, -0.25) is 4.79 Å². The highest BCUT2D eigenvalue weighted by molar-refractivity contribution is 7.92. The normalized spacial score (nSPS) is 14.1. The number of sulfonamides is 1. The number of hydrogen-bond donors (Lipinski definition) is 2. The van der Waals surface area contributed by atoms with Crippen LogP contribution in [0.4, 0.5) is 0 Å². The summed E-state index contributed by atoms with van der Waals surface area (Å²) in [7, 11) is -3.76. The molecule has 0 aromatic heterocycles. The molecule has 0 aliphatic heterocycles. The third-order valence-corrected chi connectivity index (χ3v) is 5.84. The molecule has 0 radical (unpaired) electrons. The molecule has 2 aromatic carbocycles. The predicted octanol–water partition coefficient (Wildman–Crippen LogP) is 3.91. The van der Waals surface area contributed by atoms with Gasteiger partial charge in [-0.1, -0.05) is 81.4 Å². The highest BCUT2D eigenvalue weighted by Crippen LogP contribution is 2.18. The smallest absolute Gasteiger partial charge is 0.238 e. The molecule has 0 unspecified atom stereocenters. The van der Waals surface area contributed by atoms with Gasteiger partial charge in [-0.2, -0.15) is 4.72 Å². The number of amides is 1. The fraction of sp³-hybridized carbons (Fsp3) is 0.348. The van der Waals surface area contributed by atoms with Crippen molar-refractivity contribution in [1.29, 1.82) is 0 Å². The second kappa shape index (κ2) is 10.9. The summed E-state index contributed by atoms with van der Waals surface area (Å²) in [4.78, 5) is 12.7. The standard InChI is InChI=1S/C23H30N2O3S/c1-4-20(21-13-9-6-10-14-21)17-24-23(26)22(18(2)3)25-29(27,28)16-15-19-11-7-5-8-12-19/h5-16,18,20,22,25H,4,17H2,1-3H3,(H,24,26)/b16-15+/t20-,22+/m1/s1. The number of benzene rings is 2. The van der Waals surface area contributed by atoms with E-state index in [2.05, 4.69) is 17.0 Å². The summed E-state index contributed by atoms with van der Waals surface area (Å²) >= 11 is 0. The SMILES string of the molecule is CC[C@H](CNC(=O)[C@@H](NS(=O)(=O)/C=C/c1ccccc1)C(C)C)c1ccccc1. The van der Waals surface area contributed by atoms with Crippen LogP contribution in [0.1, 0.15) is 44.2 Å². The van der Waals surface area contributed by atoms with Crippen molar-refractivity contribution in [3.05, 3.63) is 77.2 Å². The molecule has 5 nitrogen and oxygen atoms in total. The Labute approximate surface area is 174 Å². The summed E-state index contributed by atoms with van der Waals surface area (Å²) in [5, 5.41) is 4.02. The van der Waals surface area contributed by atoms with Crippen LogP contribution in [0.15, 0.2) is 66.1 Å². The molecule has 0 aliphatic rings. The minimum Gasteiger partial charge on any atom is -0.354 e. The largest absolute Gasteiger partial charge is 0.354 e. The molecular formula is C23H30N2O3S. The van der Waals surface area contributed by atoms with E-state index in [1.807, 2.05) is 74.5 Å². The first kappa shape index (κ1) is 22.8. The summed E-state index contributed by atoms with van der Waals surface area (Å²) in [6.45, 7) is 6.18. The van der Waals surface area contributed by atoms with E-state index < -0.39 is 16.1 Å². The van der Waals surface area contributed by atoms with Gasteiger partial charge in [0.15, 0.2) is 0 Å². The van der Waals surface area contributed by atoms with E-state index in [9.17, 15) is 13.2 Å². The minimum atomic E-state index is -3.76. The number of nitrogens with one attached hydrogen (secondary N) is 2. The molecule has 0 spiro atoms. The Morgan fingerprint density at radius 2 is 1.59 bits per heavy atom. The summed E-state index contributed by atoms with van der Waals surface area (Å²) in [6.07, 6.45) is 2.39. The number of rotatable bonds is 10. The monoisotopic (exact) mass is 414 g/mol. The van der Waals surface area contributed by atoms with Crippen LogP contribution in [0.2, 0.25) is 0 Å². The first-order valence-electron chi connectivity index (χ1n) is 9.90. The molecular weight excluding hydrogens is 384 g/mol. The lowest BCUT2D eigenvalue weighted by Crippen LogP contribution is -2.49. The van der Waals surface area contributed by atoms with Crippen LogP contribution in [0.25, 0.3) is 6.08 Å². The second-order valence-electron chi connectivity index (χ2n) is 7.36. The van der Waals surface area contributed by atoms with Gasteiger partial charge in [0.05, 0.1) is 0 Å². The molecule has 0 aliphatic carbocycles. The molecule has 0 heterocycles. The van der Waals surface area contributed by atoms with Gasteiger partial charge in [-0.25, -0.2) is 8.42 Å². The van der Waals surface area contributed by atoms with E-state index in [0.29, 0.717) is 6.54 Å². The number of carbonyl (C=O) groups excluding carboxylic acids is 1. The second-order valence-corrected chi connectivity index (χ2v) is 8.96. The van der Waals surface area contributed by atoms with Crippen molar-refractivity contribution in [2.45, 2.75) is 39.2 Å². The van der Waals surface area contributed by atoms with E-state index >= 15 is 0 Å². The van der Waals surface area contributed by atoms with Gasteiger partial charge in [0.1, 0.15) is 6.04 Å². The van der Waals surface area contributed by atoms with Gasteiger partial charge in [-0.05, 0) is 29.5 Å². The lowest BCUT2D eigenvalue weighted by Gasteiger charge is -2.23. The van der Waals surface area contributed by atoms with Gasteiger partial charge in [0, 0.05) is 17.9 Å². The van der Waals surface area contributed by atoms with Crippen LogP contribution in [-0.2, 0) is 14.8 Å². The molecule has 0 saturated carbocycles. The van der Waals surface area contributed by atoms with E-state index in [1.54, 1.807) is 0 Å². The lowest BCUT2D eigenvalue weighted by molar-refractivity contribution is -0.123. The van der Waals surface area contributed by atoms with Crippen molar-refractivity contribution in [3.8, 4) is 0 Å². The fourth-order valence-corrected chi connectivity index (χ4v) is 4.15.